The van der Waals surface area contributed by atoms with Crippen LogP contribution in [0.15, 0.2) is 57.9 Å². The topological polar surface area (TPSA) is 115 Å². The van der Waals surface area contributed by atoms with Crippen molar-refractivity contribution in [3.05, 3.63) is 59.8 Å². The van der Waals surface area contributed by atoms with Crippen molar-refractivity contribution in [2.75, 3.05) is 6.54 Å². The normalized spacial score (nSPS) is 11.6. The molecule has 0 aliphatic carbocycles. The van der Waals surface area contributed by atoms with Gasteiger partial charge in [-0.2, -0.15) is 0 Å². The molecule has 0 aliphatic rings. The molecule has 25 heavy (non-hydrogen) atoms. The number of benzene rings is 2. The lowest BCUT2D eigenvalue weighted by atomic mass is 10.1. The van der Waals surface area contributed by atoms with E-state index in [4.69, 9.17) is 9.66 Å². The van der Waals surface area contributed by atoms with Gasteiger partial charge in [0.25, 0.3) is 0 Å². The second-order valence-electron chi connectivity index (χ2n) is 5.59. The minimum atomic E-state index is -3.69. The Morgan fingerprint density at radius 3 is 2.56 bits per heavy atom. The van der Waals surface area contributed by atoms with E-state index in [0.29, 0.717) is 24.2 Å². The van der Waals surface area contributed by atoms with Crippen LogP contribution < -0.4 is 10.5 Å². The molecule has 0 saturated carbocycles. The first kappa shape index (κ1) is 17.1. The van der Waals surface area contributed by atoms with E-state index in [-0.39, 0.29) is 17.2 Å². The number of sulfonamides is 1. The van der Waals surface area contributed by atoms with Crippen LogP contribution in [0.2, 0.25) is 0 Å². The predicted octanol–water partition coefficient (Wildman–Crippen LogP) is 1.38. The molecule has 7 nitrogen and oxygen atoms in total. The first-order valence-electron chi connectivity index (χ1n) is 7.65. The van der Waals surface area contributed by atoms with Crippen LogP contribution in [-0.4, -0.2) is 26.0 Å². The van der Waals surface area contributed by atoms with Gasteiger partial charge in [-0.15, -0.1) is 0 Å². The van der Waals surface area contributed by atoms with Crippen molar-refractivity contribution in [1.82, 2.24) is 10.5 Å². The summed E-state index contributed by atoms with van der Waals surface area (Å²) < 4.78 is 27.6. The SMILES string of the molecule is NS(=O)(=O)c1ccc(CCNC(=O)Cc2noc3ccccc23)cc1. The fourth-order valence-electron chi connectivity index (χ4n) is 2.47. The Balaban J connectivity index is 1.53. The van der Waals surface area contributed by atoms with Crippen molar-refractivity contribution < 1.29 is 17.7 Å². The predicted molar refractivity (Wildman–Crippen MR) is 92.2 cm³/mol. The van der Waals surface area contributed by atoms with Gasteiger partial charge in [-0.25, -0.2) is 13.6 Å². The maximum absolute atomic E-state index is 12.0. The van der Waals surface area contributed by atoms with E-state index in [2.05, 4.69) is 10.5 Å². The lowest BCUT2D eigenvalue weighted by Gasteiger charge is -2.05. The third-order valence-electron chi connectivity index (χ3n) is 3.77. The quantitative estimate of drug-likeness (QED) is 0.690. The number of para-hydroxylation sites is 1. The molecule has 0 aliphatic heterocycles. The van der Waals surface area contributed by atoms with Gasteiger partial charge in [0.2, 0.25) is 15.9 Å². The number of carbonyl (C=O) groups excluding carboxylic acids is 1. The number of nitrogens with two attached hydrogens (primary N) is 1. The summed E-state index contributed by atoms with van der Waals surface area (Å²) in [5.74, 6) is -0.153. The molecular weight excluding hydrogens is 342 g/mol. The molecule has 1 aromatic heterocycles. The first-order valence-corrected chi connectivity index (χ1v) is 9.20. The highest BCUT2D eigenvalue weighted by Crippen LogP contribution is 2.18. The molecule has 3 rings (SSSR count). The number of primary sulfonamides is 1. The molecule has 3 aromatic rings. The molecule has 1 heterocycles. The fraction of sp³-hybridized carbons (Fsp3) is 0.176. The van der Waals surface area contributed by atoms with Crippen molar-refractivity contribution in [3.63, 3.8) is 0 Å². The summed E-state index contributed by atoms with van der Waals surface area (Å²) in [6.45, 7) is 0.434. The highest BCUT2D eigenvalue weighted by Gasteiger charge is 2.12. The number of hydrogen-bond donors (Lipinski definition) is 2. The van der Waals surface area contributed by atoms with E-state index in [1.165, 1.54) is 12.1 Å². The molecule has 0 spiro atoms. The molecule has 0 unspecified atom stereocenters. The minimum Gasteiger partial charge on any atom is -0.356 e. The van der Waals surface area contributed by atoms with Crippen LogP contribution in [0, 0.1) is 0 Å². The summed E-state index contributed by atoms with van der Waals surface area (Å²) in [7, 11) is -3.69. The zero-order chi connectivity index (χ0) is 17.9. The Labute approximate surface area is 144 Å². The molecule has 8 heteroatoms. The molecule has 0 fully saturated rings. The Morgan fingerprint density at radius 1 is 1.12 bits per heavy atom. The smallest absolute Gasteiger partial charge is 0.238 e. The van der Waals surface area contributed by atoms with E-state index < -0.39 is 10.0 Å². The Bertz CT molecular complexity index is 994. The van der Waals surface area contributed by atoms with Crippen LogP contribution in [-0.2, 0) is 27.7 Å². The van der Waals surface area contributed by atoms with E-state index in [1.54, 1.807) is 18.2 Å². The zero-order valence-corrected chi connectivity index (χ0v) is 14.1. The summed E-state index contributed by atoms with van der Waals surface area (Å²) in [5, 5.41) is 12.6. The van der Waals surface area contributed by atoms with Gasteiger partial charge in [0.1, 0.15) is 5.69 Å². The van der Waals surface area contributed by atoms with Crippen molar-refractivity contribution in [1.29, 1.82) is 0 Å². The van der Waals surface area contributed by atoms with Gasteiger partial charge in [-0.3, -0.25) is 4.79 Å². The van der Waals surface area contributed by atoms with Gasteiger partial charge in [0.05, 0.1) is 11.3 Å². The number of nitrogens with one attached hydrogen (secondary N) is 1. The first-order chi connectivity index (χ1) is 11.9. The average molecular weight is 359 g/mol. The van der Waals surface area contributed by atoms with Gasteiger partial charge >= 0.3 is 0 Å². The Kier molecular flexibility index (Phi) is 4.82. The minimum absolute atomic E-state index is 0.0678. The monoisotopic (exact) mass is 359 g/mol. The van der Waals surface area contributed by atoms with Crippen molar-refractivity contribution >= 4 is 26.9 Å². The second kappa shape index (κ2) is 7.04. The van der Waals surface area contributed by atoms with Crippen molar-refractivity contribution in [3.8, 4) is 0 Å². The summed E-state index contributed by atoms with van der Waals surface area (Å²) in [4.78, 5) is 12.1. The number of carbonyl (C=O) groups is 1. The largest absolute Gasteiger partial charge is 0.356 e. The lowest BCUT2D eigenvalue weighted by molar-refractivity contribution is -0.120. The van der Waals surface area contributed by atoms with Crippen LogP contribution in [0.3, 0.4) is 0 Å². The highest BCUT2D eigenvalue weighted by atomic mass is 32.2. The Morgan fingerprint density at radius 2 is 1.84 bits per heavy atom. The molecule has 0 saturated heterocycles. The van der Waals surface area contributed by atoms with Crippen molar-refractivity contribution in [2.24, 2.45) is 5.14 Å². The molecule has 2 aromatic carbocycles. The third kappa shape index (κ3) is 4.23. The van der Waals surface area contributed by atoms with Gasteiger partial charge in [-0.1, -0.05) is 29.4 Å². The van der Waals surface area contributed by atoms with E-state index in [1.807, 2.05) is 18.2 Å². The molecule has 0 radical (unpaired) electrons. The summed E-state index contributed by atoms with van der Waals surface area (Å²) >= 11 is 0. The number of rotatable bonds is 6. The standard InChI is InChI=1S/C17H17N3O4S/c18-25(22,23)13-7-5-12(6-8-13)9-10-19-17(21)11-15-14-3-1-2-4-16(14)24-20-15/h1-8H,9-11H2,(H,19,21)(H2,18,22,23). The molecule has 3 N–H and O–H groups in total. The number of aromatic nitrogens is 1. The van der Waals surface area contributed by atoms with Gasteiger partial charge in [0.15, 0.2) is 5.58 Å². The zero-order valence-electron chi connectivity index (χ0n) is 13.3. The maximum Gasteiger partial charge on any atom is 0.238 e. The van der Waals surface area contributed by atoms with Crippen LogP contribution in [0.4, 0.5) is 0 Å². The summed E-state index contributed by atoms with van der Waals surface area (Å²) in [5.41, 5.74) is 2.16. The second-order valence-corrected chi connectivity index (χ2v) is 7.15. The fourth-order valence-corrected chi connectivity index (χ4v) is 2.99. The van der Waals surface area contributed by atoms with Crippen LogP contribution in [0.25, 0.3) is 11.0 Å². The van der Waals surface area contributed by atoms with Gasteiger partial charge in [0, 0.05) is 11.9 Å². The summed E-state index contributed by atoms with van der Waals surface area (Å²) in [6.07, 6.45) is 0.720. The van der Waals surface area contributed by atoms with E-state index in [0.717, 1.165) is 10.9 Å². The van der Waals surface area contributed by atoms with Crippen LogP contribution in [0.5, 0.6) is 0 Å². The summed E-state index contributed by atoms with van der Waals surface area (Å²) in [6, 6.07) is 13.6. The average Bonchev–Trinajstić information content (AvgIpc) is 2.98. The van der Waals surface area contributed by atoms with Crippen molar-refractivity contribution in [2.45, 2.75) is 17.7 Å². The lowest BCUT2D eigenvalue weighted by Crippen LogP contribution is -2.27. The molecule has 1 amide bonds. The molecule has 0 atom stereocenters. The van der Waals surface area contributed by atoms with Gasteiger partial charge in [-0.05, 0) is 36.2 Å². The highest BCUT2D eigenvalue weighted by molar-refractivity contribution is 7.89. The third-order valence-corrected chi connectivity index (χ3v) is 4.70. The maximum atomic E-state index is 12.0. The van der Waals surface area contributed by atoms with E-state index in [9.17, 15) is 13.2 Å². The number of hydrogen-bond acceptors (Lipinski definition) is 5. The number of amides is 1. The number of nitrogens with zero attached hydrogens (tertiary/aromatic N) is 1. The van der Waals surface area contributed by atoms with Crippen LogP contribution in [0.1, 0.15) is 11.3 Å². The van der Waals surface area contributed by atoms with Crippen LogP contribution >= 0.6 is 0 Å². The molecular formula is C17H17N3O4S. The Hall–Kier alpha value is -2.71. The molecule has 130 valence electrons. The number of fused-ring (bicyclic) bond motifs is 1. The van der Waals surface area contributed by atoms with E-state index >= 15 is 0 Å². The molecule has 0 bridgehead atoms. The van der Waals surface area contributed by atoms with Gasteiger partial charge < -0.3 is 9.84 Å².